The first-order valence-corrected chi connectivity index (χ1v) is 10.1. The van der Waals surface area contributed by atoms with E-state index < -0.39 is 0 Å². The molecule has 0 aliphatic carbocycles. The second kappa shape index (κ2) is 13.0. The molecule has 1 saturated heterocycles. The summed E-state index contributed by atoms with van der Waals surface area (Å²) in [5.74, 6) is 1.06. The van der Waals surface area contributed by atoms with Gasteiger partial charge in [-0.15, -0.1) is 24.0 Å². The first-order valence-electron chi connectivity index (χ1n) is 10.1. The Bertz CT molecular complexity index is 610. The van der Waals surface area contributed by atoms with Crippen LogP contribution >= 0.6 is 24.0 Å². The molecule has 0 saturated carbocycles. The van der Waals surface area contributed by atoms with Crippen molar-refractivity contribution in [2.24, 2.45) is 4.99 Å². The third-order valence-electron chi connectivity index (χ3n) is 4.83. The van der Waals surface area contributed by atoms with Crippen LogP contribution in [0.4, 0.5) is 0 Å². The minimum atomic E-state index is 0. The van der Waals surface area contributed by atoms with Gasteiger partial charge >= 0.3 is 0 Å². The molecule has 0 radical (unpaired) electrons. The third-order valence-corrected chi connectivity index (χ3v) is 4.83. The number of carbonyl (C=O) groups is 1. The monoisotopic (exact) mass is 501 g/mol. The van der Waals surface area contributed by atoms with Gasteiger partial charge in [-0.25, -0.2) is 0 Å². The lowest BCUT2D eigenvalue weighted by Crippen LogP contribution is -2.54. The highest BCUT2D eigenvalue weighted by Gasteiger charge is 2.21. The van der Waals surface area contributed by atoms with Crippen LogP contribution in [0.1, 0.15) is 31.9 Å². The summed E-state index contributed by atoms with van der Waals surface area (Å²) in [6, 6.07) is 9.03. The van der Waals surface area contributed by atoms with Gasteiger partial charge in [-0.2, -0.15) is 0 Å². The predicted molar refractivity (Wildman–Crippen MR) is 128 cm³/mol. The number of nitrogens with zero attached hydrogens (tertiary/aromatic N) is 3. The van der Waals surface area contributed by atoms with Crippen molar-refractivity contribution in [3.8, 4) is 0 Å². The topological polar surface area (TPSA) is 60.0 Å². The summed E-state index contributed by atoms with van der Waals surface area (Å²) in [5.41, 5.74) is 2.72. The minimum absolute atomic E-state index is 0. The second-order valence-corrected chi connectivity index (χ2v) is 7.38. The molecule has 1 fully saturated rings. The Balaban J connectivity index is 0.00000392. The van der Waals surface area contributed by atoms with Crippen molar-refractivity contribution >= 4 is 35.8 Å². The Hall–Kier alpha value is -1.35. The molecule has 0 atom stereocenters. The quantitative estimate of drug-likeness (QED) is 0.342. The van der Waals surface area contributed by atoms with E-state index in [0.717, 1.165) is 51.5 Å². The van der Waals surface area contributed by atoms with E-state index in [-0.39, 0.29) is 35.9 Å². The fraction of sp³-hybridized carbons (Fsp3) is 0.619. The predicted octanol–water partition coefficient (Wildman–Crippen LogP) is 2.13. The number of aryl methyl sites for hydroxylation is 1. The number of amides is 1. The van der Waals surface area contributed by atoms with E-state index >= 15 is 0 Å². The van der Waals surface area contributed by atoms with Gasteiger partial charge in [0.25, 0.3) is 0 Å². The van der Waals surface area contributed by atoms with Crippen LogP contribution in [-0.4, -0.2) is 74.0 Å². The van der Waals surface area contributed by atoms with Crippen molar-refractivity contribution in [2.75, 3.05) is 46.3 Å². The summed E-state index contributed by atoms with van der Waals surface area (Å²) in [5, 5.41) is 6.43. The lowest BCUT2D eigenvalue weighted by Gasteiger charge is -2.36. The number of guanidine groups is 1. The number of carbonyl (C=O) groups excluding carboxylic acids is 1. The summed E-state index contributed by atoms with van der Waals surface area (Å²) >= 11 is 0. The Morgan fingerprint density at radius 3 is 2.25 bits per heavy atom. The molecule has 0 aromatic heterocycles. The van der Waals surface area contributed by atoms with E-state index in [9.17, 15) is 4.79 Å². The Kier molecular flexibility index (Phi) is 11.4. The highest BCUT2D eigenvalue weighted by atomic mass is 127. The van der Waals surface area contributed by atoms with Gasteiger partial charge in [0.15, 0.2) is 5.96 Å². The molecule has 0 spiro atoms. The van der Waals surface area contributed by atoms with E-state index in [0.29, 0.717) is 6.54 Å². The molecule has 0 unspecified atom stereocenters. The molecule has 1 amide bonds. The van der Waals surface area contributed by atoms with Crippen LogP contribution < -0.4 is 10.6 Å². The van der Waals surface area contributed by atoms with Gasteiger partial charge in [0.2, 0.25) is 5.91 Å². The van der Waals surface area contributed by atoms with Gasteiger partial charge in [-0.05, 0) is 37.8 Å². The summed E-state index contributed by atoms with van der Waals surface area (Å²) in [6.45, 7) is 11.0. The molecule has 1 aromatic rings. The van der Waals surface area contributed by atoms with E-state index in [4.69, 9.17) is 0 Å². The maximum Gasteiger partial charge on any atom is 0.234 e. The van der Waals surface area contributed by atoms with Crippen molar-refractivity contribution in [3.05, 3.63) is 35.4 Å². The van der Waals surface area contributed by atoms with Gasteiger partial charge in [-0.3, -0.25) is 14.7 Å². The zero-order chi connectivity index (χ0) is 19.6. The molecule has 1 aliphatic heterocycles. The van der Waals surface area contributed by atoms with Crippen LogP contribution in [0.2, 0.25) is 0 Å². The molecular weight excluding hydrogens is 465 g/mol. The summed E-state index contributed by atoms with van der Waals surface area (Å²) in [4.78, 5) is 20.8. The molecule has 2 rings (SSSR count). The molecule has 28 heavy (non-hydrogen) atoms. The SMILES string of the molecule is CCc1ccc(CCNC(=NC)N2CCN(CC(=O)NC(C)C)CC2)cc1.I. The average molecular weight is 501 g/mol. The van der Waals surface area contributed by atoms with Crippen LogP contribution in [-0.2, 0) is 17.6 Å². The zero-order valence-corrected chi connectivity index (χ0v) is 20.0. The number of nitrogens with one attached hydrogen (secondary N) is 2. The summed E-state index contributed by atoms with van der Waals surface area (Å²) < 4.78 is 0. The van der Waals surface area contributed by atoms with Crippen LogP contribution in [0.3, 0.4) is 0 Å². The van der Waals surface area contributed by atoms with Crippen molar-refractivity contribution in [2.45, 2.75) is 39.7 Å². The average Bonchev–Trinajstić information content (AvgIpc) is 2.66. The van der Waals surface area contributed by atoms with E-state index in [1.165, 1.54) is 11.1 Å². The standard InChI is InChI=1S/C21H35N5O.HI/c1-5-18-6-8-19(9-7-18)10-11-23-21(22-4)26-14-12-25(13-15-26)16-20(27)24-17(2)3;/h6-9,17H,5,10-16H2,1-4H3,(H,22,23)(H,24,27);1H. The molecule has 158 valence electrons. The van der Waals surface area contributed by atoms with Crippen LogP contribution in [0, 0.1) is 0 Å². The van der Waals surface area contributed by atoms with Crippen LogP contribution in [0.15, 0.2) is 29.3 Å². The summed E-state index contributed by atoms with van der Waals surface area (Å²) in [7, 11) is 1.83. The smallest absolute Gasteiger partial charge is 0.234 e. The molecule has 0 bridgehead atoms. The number of halogens is 1. The number of benzene rings is 1. The lowest BCUT2D eigenvalue weighted by atomic mass is 10.1. The van der Waals surface area contributed by atoms with E-state index in [2.05, 4.69) is 56.6 Å². The Labute approximate surface area is 187 Å². The molecule has 7 heteroatoms. The van der Waals surface area contributed by atoms with Gasteiger partial charge in [0.05, 0.1) is 6.54 Å². The van der Waals surface area contributed by atoms with Crippen molar-refractivity contribution < 1.29 is 4.79 Å². The van der Waals surface area contributed by atoms with E-state index in [1.54, 1.807) is 0 Å². The minimum Gasteiger partial charge on any atom is -0.356 e. The van der Waals surface area contributed by atoms with Gasteiger partial charge in [0.1, 0.15) is 0 Å². The Morgan fingerprint density at radius 1 is 1.11 bits per heavy atom. The molecule has 2 N–H and O–H groups in total. The van der Waals surface area contributed by atoms with Gasteiger partial charge in [0, 0.05) is 45.8 Å². The number of aliphatic imine (C=N–C) groups is 1. The number of hydrogen-bond donors (Lipinski definition) is 2. The highest BCUT2D eigenvalue weighted by Crippen LogP contribution is 2.06. The Morgan fingerprint density at radius 2 is 1.71 bits per heavy atom. The normalized spacial score (nSPS) is 15.3. The van der Waals surface area contributed by atoms with Crippen molar-refractivity contribution in [1.82, 2.24) is 20.4 Å². The fourth-order valence-corrected chi connectivity index (χ4v) is 3.28. The van der Waals surface area contributed by atoms with Crippen molar-refractivity contribution in [3.63, 3.8) is 0 Å². The lowest BCUT2D eigenvalue weighted by molar-refractivity contribution is -0.123. The largest absolute Gasteiger partial charge is 0.356 e. The molecule has 1 heterocycles. The first-order chi connectivity index (χ1) is 13.0. The number of piperazine rings is 1. The van der Waals surface area contributed by atoms with Crippen molar-refractivity contribution in [1.29, 1.82) is 0 Å². The van der Waals surface area contributed by atoms with E-state index in [1.807, 2.05) is 20.9 Å². The maximum atomic E-state index is 11.9. The second-order valence-electron chi connectivity index (χ2n) is 7.38. The summed E-state index contributed by atoms with van der Waals surface area (Å²) in [6.07, 6.45) is 2.06. The highest BCUT2D eigenvalue weighted by molar-refractivity contribution is 14.0. The maximum absolute atomic E-state index is 11.9. The molecule has 1 aromatic carbocycles. The molecule has 6 nitrogen and oxygen atoms in total. The number of hydrogen-bond acceptors (Lipinski definition) is 3. The fourth-order valence-electron chi connectivity index (χ4n) is 3.28. The number of rotatable bonds is 7. The van der Waals surface area contributed by atoms with Gasteiger partial charge < -0.3 is 15.5 Å². The van der Waals surface area contributed by atoms with Crippen LogP contribution in [0.5, 0.6) is 0 Å². The molecule has 1 aliphatic rings. The molecular formula is C21H36IN5O. The third kappa shape index (κ3) is 8.34. The van der Waals surface area contributed by atoms with Crippen LogP contribution in [0.25, 0.3) is 0 Å². The van der Waals surface area contributed by atoms with Gasteiger partial charge in [-0.1, -0.05) is 31.2 Å². The first kappa shape index (κ1) is 24.7. The zero-order valence-electron chi connectivity index (χ0n) is 17.7.